The zero-order valence-electron chi connectivity index (χ0n) is 8.24. The molecule has 80 valence electrons. The lowest BCUT2D eigenvalue weighted by molar-refractivity contribution is 0.0692. The molecule has 6 nitrogen and oxygen atoms in total. The summed E-state index contributed by atoms with van der Waals surface area (Å²) in [5.41, 5.74) is 0.634. The Labute approximate surface area is 90.4 Å². The minimum Gasteiger partial charge on any atom is -0.476 e. The summed E-state index contributed by atoms with van der Waals surface area (Å²) in [5.74, 6) is -1.11. The second-order valence-corrected chi connectivity index (χ2v) is 2.74. The topological polar surface area (TPSA) is 94.7 Å². The van der Waals surface area contributed by atoms with E-state index in [1.54, 1.807) is 0 Å². The molecule has 0 aromatic carbocycles. The van der Waals surface area contributed by atoms with E-state index in [0.717, 1.165) is 0 Å². The van der Waals surface area contributed by atoms with Gasteiger partial charge in [0, 0.05) is 0 Å². The van der Waals surface area contributed by atoms with Crippen LogP contribution in [0.25, 0.3) is 11.2 Å². The van der Waals surface area contributed by atoms with Crippen molar-refractivity contribution in [2.75, 3.05) is 0 Å². The fraction of sp³-hybridized carbons (Fsp3) is 0.250. The van der Waals surface area contributed by atoms with Gasteiger partial charge in [0.05, 0.1) is 0 Å². The molecule has 0 saturated carbocycles. The molecule has 0 atom stereocenters. The molecule has 0 radical (unpaired) electrons. The lowest BCUT2D eigenvalue weighted by atomic mass is 10.4. The number of carboxylic acids is 1. The lowest BCUT2D eigenvalue weighted by Crippen LogP contribution is -2.01. The summed E-state index contributed by atoms with van der Waals surface area (Å²) in [5, 5.41) is 8.73. The highest BCUT2D eigenvalue weighted by atomic mass is 32.1. The number of carbonyl (C=O) groups is 1. The first-order valence-corrected chi connectivity index (χ1v) is 4.75. The van der Waals surface area contributed by atoms with Crippen LogP contribution in [0, 0.1) is 4.77 Å². The molecule has 2 heterocycles. The first kappa shape index (κ1) is 11.3. The molecule has 7 heteroatoms. The molecule has 0 fully saturated rings. The Morgan fingerprint density at radius 2 is 2.07 bits per heavy atom. The van der Waals surface area contributed by atoms with Gasteiger partial charge in [-0.1, -0.05) is 13.8 Å². The van der Waals surface area contributed by atoms with Gasteiger partial charge in [0.25, 0.3) is 0 Å². The number of imidazole rings is 1. The first-order chi connectivity index (χ1) is 7.18. The number of rotatable bonds is 1. The maximum Gasteiger partial charge on any atom is 0.356 e. The smallest absolute Gasteiger partial charge is 0.356 e. The lowest BCUT2D eigenvalue weighted by Gasteiger charge is -1.92. The van der Waals surface area contributed by atoms with E-state index in [4.69, 9.17) is 17.3 Å². The van der Waals surface area contributed by atoms with Crippen molar-refractivity contribution in [1.82, 2.24) is 19.9 Å². The van der Waals surface area contributed by atoms with Crippen LogP contribution in [0.4, 0.5) is 0 Å². The van der Waals surface area contributed by atoms with Crippen LogP contribution < -0.4 is 0 Å². The van der Waals surface area contributed by atoms with Crippen molar-refractivity contribution < 1.29 is 9.90 Å². The maximum absolute atomic E-state index is 10.7. The van der Waals surface area contributed by atoms with Gasteiger partial charge in [0.1, 0.15) is 11.8 Å². The molecule has 2 aromatic heterocycles. The van der Waals surface area contributed by atoms with Crippen LogP contribution in [0.5, 0.6) is 0 Å². The largest absolute Gasteiger partial charge is 0.476 e. The molecule has 0 spiro atoms. The summed E-state index contributed by atoms with van der Waals surface area (Å²) in [6.45, 7) is 4.00. The molecule has 0 aliphatic heterocycles. The highest BCUT2D eigenvalue weighted by Gasteiger charge is 2.11. The molecule has 0 unspecified atom stereocenters. The van der Waals surface area contributed by atoms with Gasteiger partial charge in [-0.2, -0.15) is 0 Å². The van der Waals surface area contributed by atoms with E-state index in [0.29, 0.717) is 15.9 Å². The number of carboxylic acid groups (broad SMARTS) is 1. The number of nitrogens with zero attached hydrogens (tertiary/aromatic N) is 2. The second-order valence-electron chi connectivity index (χ2n) is 2.33. The minimum atomic E-state index is -1.11. The van der Waals surface area contributed by atoms with E-state index >= 15 is 0 Å². The van der Waals surface area contributed by atoms with Crippen molar-refractivity contribution in [1.29, 1.82) is 0 Å². The second kappa shape index (κ2) is 4.65. The number of H-pyrrole nitrogens is 2. The number of hydrogen-bond acceptors (Lipinski definition) is 4. The highest BCUT2D eigenvalue weighted by molar-refractivity contribution is 7.71. The van der Waals surface area contributed by atoms with Crippen molar-refractivity contribution in [2.45, 2.75) is 13.8 Å². The van der Waals surface area contributed by atoms with Crippen LogP contribution in [0.1, 0.15) is 24.3 Å². The van der Waals surface area contributed by atoms with E-state index in [2.05, 4.69) is 19.9 Å². The van der Waals surface area contributed by atoms with Gasteiger partial charge in [-0.25, -0.2) is 14.8 Å². The SMILES string of the molecule is CC.O=C(O)c1ncnc2[nH]c(=S)[nH]c12. The van der Waals surface area contributed by atoms with E-state index in [1.807, 2.05) is 13.8 Å². The first-order valence-electron chi connectivity index (χ1n) is 4.35. The molecule has 0 aliphatic carbocycles. The summed E-state index contributed by atoms with van der Waals surface area (Å²) in [6.07, 6.45) is 1.17. The van der Waals surface area contributed by atoms with Gasteiger partial charge in [-0.15, -0.1) is 0 Å². The van der Waals surface area contributed by atoms with E-state index in [1.165, 1.54) is 6.33 Å². The predicted molar refractivity (Wildman–Crippen MR) is 57.4 cm³/mol. The Balaban J connectivity index is 0.000000531. The summed E-state index contributed by atoms with van der Waals surface area (Å²) in [6, 6.07) is 0. The molecule has 0 saturated heterocycles. The molecule has 0 amide bonds. The van der Waals surface area contributed by atoms with Crippen molar-refractivity contribution in [3.63, 3.8) is 0 Å². The molecule has 0 bridgehead atoms. The third kappa shape index (κ3) is 2.18. The van der Waals surface area contributed by atoms with Gasteiger partial charge in [-0.3, -0.25) is 0 Å². The molecule has 3 N–H and O–H groups in total. The third-order valence-corrected chi connectivity index (χ3v) is 1.72. The normalized spacial score (nSPS) is 9.47. The monoisotopic (exact) mass is 226 g/mol. The van der Waals surface area contributed by atoms with Crippen molar-refractivity contribution in [3.8, 4) is 0 Å². The Morgan fingerprint density at radius 1 is 1.40 bits per heavy atom. The molecular weight excluding hydrogens is 216 g/mol. The highest BCUT2D eigenvalue weighted by Crippen LogP contribution is 2.09. The van der Waals surface area contributed by atoms with Gasteiger partial charge >= 0.3 is 5.97 Å². The van der Waals surface area contributed by atoms with E-state index in [9.17, 15) is 4.79 Å². The number of aromatic amines is 2. The van der Waals surface area contributed by atoms with Gasteiger partial charge in [0.2, 0.25) is 0 Å². The predicted octanol–water partition coefficient (Wildman–Crippen LogP) is 1.74. The molecule has 2 aromatic rings. The third-order valence-electron chi connectivity index (χ3n) is 1.52. The average molecular weight is 226 g/mol. The molecule has 2 rings (SSSR count). The van der Waals surface area contributed by atoms with Gasteiger partial charge in [0.15, 0.2) is 16.1 Å². The fourth-order valence-electron chi connectivity index (χ4n) is 1.01. The van der Waals surface area contributed by atoms with Crippen LogP contribution in [0.2, 0.25) is 0 Å². The Hall–Kier alpha value is -1.76. The van der Waals surface area contributed by atoms with Crippen molar-refractivity contribution >= 4 is 29.4 Å². The standard InChI is InChI=1S/C6H4N4O2S.C2H6/c11-5(12)3-2-4(8-1-7-3)10-6(13)9-2;1-2/h1H,(H,11,12)(H2,7,8,9,10,13);1-2H3. The Morgan fingerprint density at radius 3 is 2.67 bits per heavy atom. The number of aromatic nitrogens is 4. The maximum atomic E-state index is 10.7. The fourth-order valence-corrected chi connectivity index (χ4v) is 1.21. The van der Waals surface area contributed by atoms with E-state index < -0.39 is 5.97 Å². The summed E-state index contributed by atoms with van der Waals surface area (Å²) in [7, 11) is 0. The molecule has 0 aliphatic rings. The van der Waals surface area contributed by atoms with Crippen molar-refractivity contribution in [2.24, 2.45) is 0 Å². The number of hydrogen-bond donors (Lipinski definition) is 3. The Kier molecular flexibility index (Phi) is 3.51. The van der Waals surface area contributed by atoms with Crippen LogP contribution in [0.3, 0.4) is 0 Å². The van der Waals surface area contributed by atoms with Crippen LogP contribution in [-0.2, 0) is 0 Å². The Bertz CT molecular complexity index is 531. The molecular formula is C8H10N4O2S. The number of aromatic carboxylic acids is 1. The quantitative estimate of drug-likeness (QED) is 0.644. The van der Waals surface area contributed by atoms with Gasteiger partial charge < -0.3 is 15.1 Å². The summed E-state index contributed by atoms with van der Waals surface area (Å²) in [4.78, 5) is 23.5. The minimum absolute atomic E-state index is 0.0858. The zero-order chi connectivity index (χ0) is 11.4. The van der Waals surface area contributed by atoms with Gasteiger partial charge in [-0.05, 0) is 12.2 Å². The van der Waals surface area contributed by atoms with Crippen molar-refractivity contribution in [3.05, 3.63) is 16.8 Å². The van der Waals surface area contributed by atoms with Crippen LogP contribution in [0.15, 0.2) is 6.33 Å². The van der Waals surface area contributed by atoms with Crippen LogP contribution in [-0.4, -0.2) is 31.0 Å². The number of nitrogens with one attached hydrogen (secondary N) is 2. The number of fused-ring (bicyclic) bond motifs is 1. The average Bonchev–Trinajstić information content (AvgIpc) is 2.60. The van der Waals surface area contributed by atoms with E-state index in [-0.39, 0.29) is 5.69 Å². The summed E-state index contributed by atoms with van der Waals surface area (Å²) >= 11 is 4.79. The zero-order valence-corrected chi connectivity index (χ0v) is 9.05. The van der Waals surface area contributed by atoms with Crippen LogP contribution >= 0.6 is 12.2 Å². The summed E-state index contributed by atoms with van der Waals surface area (Å²) < 4.78 is 0.331. The molecule has 15 heavy (non-hydrogen) atoms.